The zero-order chi connectivity index (χ0) is 14.5. The number of carboxylic acids is 2. The van der Waals surface area contributed by atoms with Crippen LogP contribution < -0.4 is 10.2 Å². The van der Waals surface area contributed by atoms with Crippen LogP contribution in [0.2, 0.25) is 0 Å². The number of carbonyl (C=O) groups is 2. The summed E-state index contributed by atoms with van der Waals surface area (Å²) in [6.45, 7) is 0. The van der Waals surface area contributed by atoms with Gasteiger partial charge in [0.1, 0.15) is 0 Å². The van der Waals surface area contributed by atoms with E-state index in [0.29, 0.717) is 9.79 Å². The molecule has 0 fully saturated rings. The second-order valence-electron chi connectivity index (χ2n) is 3.73. The Bertz CT molecular complexity index is 603. The van der Waals surface area contributed by atoms with Crippen molar-refractivity contribution in [2.24, 2.45) is 0 Å². The van der Waals surface area contributed by atoms with Crippen LogP contribution in [0.3, 0.4) is 0 Å². The predicted molar refractivity (Wildman–Crippen MR) is 79.0 cm³/mol. The molecule has 0 aliphatic heterocycles. The quantitative estimate of drug-likeness (QED) is 0.597. The van der Waals surface area contributed by atoms with Crippen LogP contribution >= 0.6 is 21.6 Å². The van der Waals surface area contributed by atoms with E-state index >= 15 is 0 Å². The normalized spacial score (nSPS) is 9.71. The molecule has 0 bridgehead atoms. The molecule has 0 saturated carbocycles. The Morgan fingerprint density at radius 2 is 1.05 bits per heavy atom. The van der Waals surface area contributed by atoms with E-state index in [1.807, 2.05) is 0 Å². The minimum absolute atomic E-state index is 0. The molecule has 2 aromatic carbocycles. The fourth-order valence-corrected chi connectivity index (χ4v) is 3.85. The molecular weight excluding hydrogens is 321 g/mol. The Labute approximate surface area is 145 Å². The summed E-state index contributed by atoms with van der Waals surface area (Å²) in [5, 5.41) is 21.9. The Balaban J connectivity index is 0.00000220. The van der Waals surface area contributed by atoms with Crippen molar-refractivity contribution in [3.05, 3.63) is 59.7 Å². The van der Waals surface area contributed by atoms with Crippen LogP contribution in [-0.2, 0) is 0 Å². The molecule has 4 nitrogen and oxygen atoms in total. The molecule has 0 unspecified atom stereocenters. The number of aromatic carboxylic acids is 2. The van der Waals surface area contributed by atoms with Gasteiger partial charge in [-0.3, -0.25) is 0 Å². The van der Waals surface area contributed by atoms with Gasteiger partial charge in [-0.15, -0.1) is 0 Å². The zero-order valence-corrected chi connectivity index (χ0v) is 13.8. The molecule has 0 saturated heterocycles. The number of benzene rings is 2. The Morgan fingerprint density at radius 3 is 1.38 bits per heavy atom. The van der Waals surface area contributed by atoms with Crippen LogP contribution in [0.1, 0.15) is 20.7 Å². The molecule has 21 heavy (non-hydrogen) atoms. The number of hydrogen-bond donors (Lipinski definition) is 0. The van der Waals surface area contributed by atoms with Gasteiger partial charge in [0.15, 0.2) is 0 Å². The van der Waals surface area contributed by atoms with Gasteiger partial charge in [0.05, 0.1) is 11.9 Å². The fourth-order valence-electron chi connectivity index (χ4n) is 1.51. The Kier molecular flexibility index (Phi) is 7.10. The van der Waals surface area contributed by atoms with Crippen LogP contribution in [0.25, 0.3) is 0 Å². The molecular formula is C14H8MgO4S2. The SMILES string of the molecule is O=C([O-])c1ccccc1SSc1ccccc1C(=O)[O-].[Mg+2]. The number of hydrogen-bond acceptors (Lipinski definition) is 6. The van der Waals surface area contributed by atoms with Crippen molar-refractivity contribution in [1.82, 2.24) is 0 Å². The van der Waals surface area contributed by atoms with E-state index in [1.165, 1.54) is 12.1 Å². The van der Waals surface area contributed by atoms with Crippen LogP contribution in [0.15, 0.2) is 58.3 Å². The van der Waals surface area contributed by atoms with E-state index in [-0.39, 0.29) is 34.2 Å². The molecule has 0 radical (unpaired) electrons. The summed E-state index contributed by atoms with van der Waals surface area (Å²) in [5.41, 5.74) is 0.159. The van der Waals surface area contributed by atoms with Gasteiger partial charge in [-0.2, -0.15) is 0 Å². The van der Waals surface area contributed by atoms with E-state index in [4.69, 9.17) is 0 Å². The molecule has 2 rings (SSSR count). The van der Waals surface area contributed by atoms with Gasteiger partial charge in [-0.1, -0.05) is 58.0 Å². The maximum Gasteiger partial charge on any atom is 2.00 e. The molecule has 0 heterocycles. The van der Waals surface area contributed by atoms with E-state index < -0.39 is 11.9 Å². The maximum atomic E-state index is 11.0. The first kappa shape index (κ1) is 17.9. The third-order valence-corrected chi connectivity index (χ3v) is 4.92. The second kappa shape index (κ2) is 8.33. The van der Waals surface area contributed by atoms with Crippen LogP contribution in [0, 0.1) is 0 Å². The summed E-state index contributed by atoms with van der Waals surface area (Å²) in [6, 6.07) is 12.8. The van der Waals surface area contributed by atoms with Gasteiger partial charge in [0.25, 0.3) is 0 Å². The fraction of sp³-hybridized carbons (Fsp3) is 0. The number of carboxylic acid groups (broad SMARTS) is 2. The number of carbonyl (C=O) groups excluding carboxylic acids is 2. The first-order valence-electron chi connectivity index (χ1n) is 5.55. The van der Waals surface area contributed by atoms with E-state index in [2.05, 4.69) is 0 Å². The molecule has 2 aromatic rings. The summed E-state index contributed by atoms with van der Waals surface area (Å²) in [6.07, 6.45) is 0. The first-order chi connectivity index (χ1) is 9.59. The molecule has 0 amide bonds. The van der Waals surface area contributed by atoms with Crippen molar-refractivity contribution in [2.75, 3.05) is 0 Å². The minimum Gasteiger partial charge on any atom is -0.545 e. The van der Waals surface area contributed by atoms with Gasteiger partial charge >= 0.3 is 23.1 Å². The van der Waals surface area contributed by atoms with Gasteiger partial charge in [0, 0.05) is 20.9 Å². The Hall–Kier alpha value is -1.15. The molecule has 0 aromatic heterocycles. The van der Waals surface area contributed by atoms with Gasteiger partial charge in [-0.05, 0) is 12.1 Å². The largest absolute Gasteiger partial charge is 2.00 e. The molecule has 0 aliphatic rings. The van der Waals surface area contributed by atoms with Crippen molar-refractivity contribution < 1.29 is 19.8 Å². The summed E-state index contributed by atoms with van der Waals surface area (Å²) in [5.74, 6) is -2.52. The average Bonchev–Trinajstić information content (AvgIpc) is 2.45. The third kappa shape index (κ3) is 4.67. The first-order valence-corrected chi connectivity index (χ1v) is 7.70. The van der Waals surface area contributed by atoms with Crippen LogP contribution in [-0.4, -0.2) is 35.0 Å². The summed E-state index contributed by atoms with van der Waals surface area (Å²) in [7, 11) is 2.33. The molecule has 0 aliphatic carbocycles. The van der Waals surface area contributed by atoms with Crippen molar-refractivity contribution in [1.29, 1.82) is 0 Å². The average molecular weight is 329 g/mol. The van der Waals surface area contributed by atoms with E-state index in [1.54, 1.807) is 36.4 Å². The standard InChI is InChI=1S/C14H10O4S2.Mg/c15-13(16)9-5-1-3-7-11(9)19-20-12-8-4-2-6-10(12)14(17)18;/h1-8H,(H,15,16)(H,17,18);/q;+2/p-2. The van der Waals surface area contributed by atoms with Crippen molar-refractivity contribution in [3.63, 3.8) is 0 Å². The van der Waals surface area contributed by atoms with Gasteiger partial charge < -0.3 is 19.8 Å². The number of rotatable bonds is 5. The summed E-state index contributed by atoms with van der Waals surface area (Å²) < 4.78 is 0. The maximum absolute atomic E-state index is 11.0. The Morgan fingerprint density at radius 1 is 0.714 bits per heavy atom. The van der Waals surface area contributed by atoms with Gasteiger partial charge in [0.2, 0.25) is 0 Å². The smallest absolute Gasteiger partial charge is 0.545 e. The van der Waals surface area contributed by atoms with Crippen molar-refractivity contribution in [2.45, 2.75) is 9.79 Å². The molecule has 0 spiro atoms. The summed E-state index contributed by atoms with van der Waals surface area (Å²) >= 11 is 0. The van der Waals surface area contributed by atoms with Crippen molar-refractivity contribution >= 4 is 56.6 Å². The molecule has 102 valence electrons. The summed E-state index contributed by atoms with van der Waals surface area (Å²) in [4.78, 5) is 23.0. The molecule has 7 heteroatoms. The second-order valence-corrected chi connectivity index (χ2v) is 5.95. The van der Waals surface area contributed by atoms with E-state index in [9.17, 15) is 19.8 Å². The monoisotopic (exact) mass is 328 g/mol. The molecule has 0 N–H and O–H groups in total. The van der Waals surface area contributed by atoms with E-state index in [0.717, 1.165) is 21.6 Å². The minimum atomic E-state index is -1.26. The topological polar surface area (TPSA) is 80.3 Å². The predicted octanol–water partition coefficient (Wildman–Crippen LogP) is 0.832. The molecule has 0 atom stereocenters. The van der Waals surface area contributed by atoms with Crippen LogP contribution in [0.5, 0.6) is 0 Å². The van der Waals surface area contributed by atoms with Crippen LogP contribution in [0.4, 0.5) is 0 Å². The van der Waals surface area contributed by atoms with Crippen molar-refractivity contribution in [3.8, 4) is 0 Å². The third-order valence-electron chi connectivity index (χ3n) is 2.44. The van der Waals surface area contributed by atoms with Gasteiger partial charge in [-0.25, -0.2) is 0 Å². The zero-order valence-electron chi connectivity index (χ0n) is 10.8.